The summed E-state index contributed by atoms with van der Waals surface area (Å²) in [6.45, 7) is 0. The Morgan fingerprint density at radius 2 is 0.758 bits per heavy atom. The highest BCUT2D eigenvalue weighted by Crippen LogP contribution is 2.64. The van der Waals surface area contributed by atoms with Gasteiger partial charge in [0.05, 0.1) is 5.41 Å². The van der Waals surface area contributed by atoms with Crippen molar-refractivity contribution in [1.82, 2.24) is 15.0 Å². The van der Waals surface area contributed by atoms with Crippen molar-refractivity contribution in [3.05, 3.63) is 235 Å². The van der Waals surface area contributed by atoms with Crippen LogP contribution < -0.4 is 4.74 Å². The Balaban J connectivity index is 1.10. The molecular weight excluding hydrogens is 755 g/mol. The minimum atomic E-state index is -0.685. The molecule has 13 rings (SSSR count). The molecule has 288 valence electrons. The maximum absolute atomic E-state index is 6.76. The van der Waals surface area contributed by atoms with E-state index in [0.717, 1.165) is 44.9 Å². The maximum atomic E-state index is 6.76. The van der Waals surface area contributed by atoms with E-state index in [1.807, 2.05) is 36.4 Å². The molecule has 0 saturated heterocycles. The van der Waals surface area contributed by atoms with Crippen LogP contribution in [0.15, 0.2) is 212 Å². The number of ether oxygens (including phenoxy) is 1. The van der Waals surface area contributed by atoms with Crippen LogP contribution in [0.2, 0.25) is 0 Å². The van der Waals surface area contributed by atoms with Crippen LogP contribution in [0, 0.1) is 0 Å². The van der Waals surface area contributed by atoms with Crippen molar-refractivity contribution in [2.24, 2.45) is 0 Å². The molecule has 0 amide bonds. The minimum Gasteiger partial charge on any atom is -0.457 e. The summed E-state index contributed by atoms with van der Waals surface area (Å²) in [4.78, 5) is 15.3. The summed E-state index contributed by atoms with van der Waals surface area (Å²) < 4.78 is 6.76. The lowest BCUT2D eigenvalue weighted by Crippen LogP contribution is -2.32. The maximum Gasteiger partial charge on any atom is 0.164 e. The molecule has 0 fully saturated rings. The van der Waals surface area contributed by atoms with Gasteiger partial charge in [-0.1, -0.05) is 188 Å². The lowest BCUT2D eigenvalue weighted by atomic mass is 9.64. The molecule has 1 aliphatic heterocycles. The van der Waals surface area contributed by atoms with Gasteiger partial charge in [-0.3, -0.25) is 0 Å². The molecule has 0 N–H and O–H groups in total. The van der Waals surface area contributed by atoms with Gasteiger partial charge in [0, 0.05) is 27.8 Å². The van der Waals surface area contributed by atoms with Crippen molar-refractivity contribution in [3.63, 3.8) is 0 Å². The van der Waals surface area contributed by atoms with Gasteiger partial charge in [-0.05, 0) is 90.0 Å². The minimum absolute atomic E-state index is 0.626. The molecule has 1 aromatic heterocycles. The molecule has 0 saturated carbocycles. The van der Waals surface area contributed by atoms with E-state index in [-0.39, 0.29) is 0 Å². The largest absolute Gasteiger partial charge is 0.457 e. The van der Waals surface area contributed by atoms with Crippen molar-refractivity contribution in [1.29, 1.82) is 0 Å². The molecule has 62 heavy (non-hydrogen) atoms. The van der Waals surface area contributed by atoms with Gasteiger partial charge in [-0.25, -0.2) is 15.0 Å². The molecule has 2 heterocycles. The number of aromatic nitrogens is 3. The normalized spacial score (nSPS) is 13.1. The summed E-state index contributed by atoms with van der Waals surface area (Å²) >= 11 is 0. The first-order valence-corrected chi connectivity index (χ1v) is 21.1. The van der Waals surface area contributed by atoms with E-state index in [9.17, 15) is 0 Å². The van der Waals surface area contributed by atoms with Gasteiger partial charge in [0.25, 0.3) is 0 Å². The highest BCUT2D eigenvalue weighted by atomic mass is 16.5. The van der Waals surface area contributed by atoms with Gasteiger partial charge in [0.2, 0.25) is 0 Å². The van der Waals surface area contributed by atoms with E-state index >= 15 is 0 Å². The van der Waals surface area contributed by atoms with Gasteiger partial charge >= 0.3 is 0 Å². The Morgan fingerprint density at radius 1 is 0.290 bits per heavy atom. The van der Waals surface area contributed by atoms with E-state index < -0.39 is 5.41 Å². The molecule has 0 bridgehead atoms. The van der Waals surface area contributed by atoms with Crippen LogP contribution in [0.4, 0.5) is 0 Å². The zero-order valence-electron chi connectivity index (χ0n) is 33.5. The fraction of sp³-hybridized carbons (Fsp3) is 0.0172. The summed E-state index contributed by atoms with van der Waals surface area (Å²) in [6.07, 6.45) is 0. The summed E-state index contributed by atoms with van der Waals surface area (Å²) in [6, 6.07) is 75.7. The van der Waals surface area contributed by atoms with Crippen molar-refractivity contribution >= 4 is 32.3 Å². The Hall–Kier alpha value is -8.21. The zero-order chi connectivity index (χ0) is 40.8. The second-order valence-corrected chi connectivity index (χ2v) is 16.2. The summed E-state index contributed by atoms with van der Waals surface area (Å²) in [5.74, 6) is 3.62. The number of hydrogen-bond donors (Lipinski definition) is 0. The quantitative estimate of drug-likeness (QED) is 0.167. The van der Waals surface area contributed by atoms with Crippen molar-refractivity contribution < 1.29 is 4.74 Å². The van der Waals surface area contributed by atoms with E-state index in [1.54, 1.807) is 0 Å². The van der Waals surface area contributed by atoms with Crippen LogP contribution in [0.3, 0.4) is 0 Å². The van der Waals surface area contributed by atoms with Crippen LogP contribution in [-0.4, -0.2) is 15.0 Å². The van der Waals surface area contributed by atoms with Gasteiger partial charge in [-0.15, -0.1) is 0 Å². The molecule has 0 unspecified atom stereocenters. The van der Waals surface area contributed by atoms with Crippen LogP contribution in [-0.2, 0) is 5.41 Å². The molecule has 1 spiro atoms. The summed E-state index contributed by atoms with van der Waals surface area (Å²) in [5, 5.41) is 7.55. The third-order valence-corrected chi connectivity index (χ3v) is 13.0. The first-order valence-electron chi connectivity index (χ1n) is 21.1. The average Bonchev–Trinajstić information content (AvgIpc) is 3.64. The molecule has 4 heteroatoms. The van der Waals surface area contributed by atoms with Crippen LogP contribution in [0.25, 0.3) is 88.7 Å². The molecule has 4 nitrogen and oxygen atoms in total. The number of benzene rings is 10. The Morgan fingerprint density at radius 3 is 1.35 bits per heavy atom. The highest BCUT2D eigenvalue weighted by Gasteiger charge is 2.52. The third kappa shape index (κ3) is 4.98. The molecule has 10 aromatic carbocycles. The topological polar surface area (TPSA) is 47.9 Å². The number of rotatable bonds is 4. The SMILES string of the molecule is c1ccc(-c2nc(-c3ccccc3)nc(-c3ccc4c(c3)-c3cccc(-c5ccc6c7ccccc7c7ccccc7c6c5)c3C43c4ccccc4Oc4ccccc43)n2)cc1. The third-order valence-electron chi connectivity index (χ3n) is 13.0. The monoisotopic (exact) mass is 789 g/mol. The van der Waals surface area contributed by atoms with Gasteiger partial charge in [0.1, 0.15) is 11.5 Å². The Kier molecular flexibility index (Phi) is 7.49. The first-order chi connectivity index (χ1) is 30.7. The van der Waals surface area contributed by atoms with Crippen molar-refractivity contribution in [2.45, 2.75) is 5.41 Å². The molecule has 0 radical (unpaired) electrons. The Labute approximate surface area is 358 Å². The van der Waals surface area contributed by atoms with E-state index in [4.69, 9.17) is 19.7 Å². The van der Waals surface area contributed by atoms with Gasteiger partial charge < -0.3 is 4.74 Å². The first kappa shape index (κ1) is 34.6. The number of fused-ring (bicyclic) bond motifs is 15. The predicted octanol–water partition coefficient (Wildman–Crippen LogP) is 14.5. The number of para-hydroxylation sites is 2. The van der Waals surface area contributed by atoms with Crippen molar-refractivity contribution in [2.75, 3.05) is 0 Å². The van der Waals surface area contributed by atoms with Crippen molar-refractivity contribution in [3.8, 4) is 67.9 Å². The van der Waals surface area contributed by atoms with E-state index in [2.05, 4.69) is 176 Å². The van der Waals surface area contributed by atoms with Gasteiger partial charge in [0.15, 0.2) is 17.5 Å². The second kappa shape index (κ2) is 13.4. The predicted molar refractivity (Wildman–Crippen MR) is 251 cm³/mol. The summed E-state index contributed by atoms with van der Waals surface area (Å²) in [5.41, 5.74) is 11.5. The lowest BCUT2D eigenvalue weighted by molar-refractivity contribution is 0.436. The smallest absolute Gasteiger partial charge is 0.164 e. The molecule has 11 aromatic rings. The second-order valence-electron chi connectivity index (χ2n) is 16.2. The summed E-state index contributed by atoms with van der Waals surface area (Å²) in [7, 11) is 0. The molecule has 2 aliphatic rings. The lowest BCUT2D eigenvalue weighted by Gasteiger charge is -2.40. The Bertz CT molecular complexity index is 3480. The van der Waals surface area contributed by atoms with Crippen LogP contribution in [0.5, 0.6) is 11.5 Å². The van der Waals surface area contributed by atoms with E-state index in [0.29, 0.717) is 17.5 Å². The number of nitrogens with zero attached hydrogens (tertiary/aromatic N) is 3. The average molecular weight is 790 g/mol. The van der Waals surface area contributed by atoms with E-state index in [1.165, 1.54) is 60.1 Å². The zero-order valence-corrected chi connectivity index (χ0v) is 33.5. The molecule has 0 atom stereocenters. The van der Waals surface area contributed by atoms with Gasteiger partial charge in [-0.2, -0.15) is 0 Å². The van der Waals surface area contributed by atoms with Crippen LogP contribution >= 0.6 is 0 Å². The fourth-order valence-corrected chi connectivity index (χ4v) is 10.4. The fourth-order valence-electron chi connectivity index (χ4n) is 10.4. The standard InChI is InChI=1S/C58H35N3O/c1-3-16-36(17-4-1)55-59-56(37-18-5-2-6-19-37)61-57(60-55)39-31-33-49-48(35-39)46-25-15-24-40(54(46)58(49)50-26-11-13-28-52(50)62-53-29-14-12-27-51(53)58)38-30-32-45-43-22-8-7-20-41(43)42-21-9-10-23-44(42)47(45)34-38/h1-35H. The highest BCUT2D eigenvalue weighted by molar-refractivity contribution is 6.25. The number of hydrogen-bond acceptors (Lipinski definition) is 4. The van der Waals surface area contributed by atoms with Crippen LogP contribution in [0.1, 0.15) is 22.3 Å². The molecular formula is C58H35N3O. The molecule has 1 aliphatic carbocycles.